The minimum atomic E-state index is -3.45. The molecule has 1 unspecified atom stereocenters. The molecule has 0 radical (unpaired) electrons. The van der Waals surface area contributed by atoms with Crippen LogP contribution < -0.4 is 15.0 Å². The van der Waals surface area contributed by atoms with Crippen LogP contribution in [0, 0.1) is 10.1 Å². The van der Waals surface area contributed by atoms with E-state index in [2.05, 4.69) is 15.0 Å². The largest absolute Gasteiger partial charge is 0.435 e. The molecule has 12 heteroatoms. The van der Waals surface area contributed by atoms with Crippen LogP contribution >= 0.6 is 0 Å². The Bertz CT molecular complexity index is 655. The second-order valence-electron chi connectivity index (χ2n) is 5.02. The molecule has 2 heterocycles. The van der Waals surface area contributed by atoms with Gasteiger partial charge >= 0.3 is 12.1 Å². The molecule has 0 aliphatic carbocycles. The van der Waals surface area contributed by atoms with Gasteiger partial charge in [-0.1, -0.05) is 0 Å². The van der Waals surface area contributed by atoms with Crippen molar-refractivity contribution in [3.63, 3.8) is 0 Å². The van der Waals surface area contributed by atoms with Crippen LogP contribution in [0.5, 0.6) is 5.88 Å². The molecule has 1 aliphatic heterocycles. The molecular formula is C13H15F3N4O5. The summed E-state index contributed by atoms with van der Waals surface area (Å²) in [5.41, 5.74) is -0.857. The number of amides is 1. The van der Waals surface area contributed by atoms with Crippen LogP contribution in [0.15, 0.2) is 6.07 Å². The summed E-state index contributed by atoms with van der Waals surface area (Å²) in [7, 11) is 0. The first kappa shape index (κ1) is 18.7. The van der Waals surface area contributed by atoms with E-state index in [0.717, 1.165) is 13.0 Å². The highest BCUT2D eigenvalue weighted by Gasteiger charge is 2.29. The van der Waals surface area contributed by atoms with Crippen molar-refractivity contribution in [1.82, 2.24) is 4.98 Å². The highest BCUT2D eigenvalue weighted by Crippen LogP contribution is 2.36. The van der Waals surface area contributed by atoms with E-state index in [4.69, 9.17) is 4.74 Å². The number of carbonyl (C=O) groups excluding carboxylic acids is 1. The number of pyridine rings is 1. The first-order valence-electron chi connectivity index (χ1n) is 7.18. The highest BCUT2D eigenvalue weighted by molar-refractivity contribution is 5.91. The molecule has 2 rings (SSSR count). The fourth-order valence-corrected chi connectivity index (χ4v) is 2.15. The number of hydrogen-bond donors (Lipinski definition) is 1. The van der Waals surface area contributed by atoms with Gasteiger partial charge in [-0.3, -0.25) is 14.9 Å². The zero-order valence-electron chi connectivity index (χ0n) is 13.1. The summed E-state index contributed by atoms with van der Waals surface area (Å²) < 4.78 is 47.7. The summed E-state index contributed by atoms with van der Waals surface area (Å²) in [4.78, 5) is 27.1. The zero-order valence-corrected chi connectivity index (χ0v) is 13.1. The van der Waals surface area contributed by atoms with E-state index in [1.54, 1.807) is 0 Å². The van der Waals surface area contributed by atoms with Crippen molar-refractivity contribution in [2.45, 2.75) is 19.7 Å². The van der Waals surface area contributed by atoms with Crippen LogP contribution in [0.25, 0.3) is 0 Å². The zero-order chi connectivity index (χ0) is 18.6. The lowest BCUT2D eigenvalue weighted by Gasteiger charge is -2.28. The van der Waals surface area contributed by atoms with Crippen LogP contribution in [0.1, 0.15) is 6.92 Å². The van der Waals surface area contributed by atoms with Crippen molar-refractivity contribution >= 4 is 23.1 Å². The van der Waals surface area contributed by atoms with Crippen LogP contribution in [-0.2, 0) is 9.53 Å². The fraction of sp³-hybridized carbons (Fsp3) is 0.538. The van der Waals surface area contributed by atoms with Gasteiger partial charge in [0.25, 0.3) is 6.36 Å². The van der Waals surface area contributed by atoms with Gasteiger partial charge in [-0.25, -0.2) is 8.78 Å². The third-order valence-electron chi connectivity index (χ3n) is 3.19. The molecule has 0 saturated carbocycles. The number of nitro groups is 1. The molecule has 25 heavy (non-hydrogen) atoms. The number of rotatable bonds is 6. The molecule has 1 aromatic rings. The van der Waals surface area contributed by atoms with Crippen LogP contribution in [0.2, 0.25) is 0 Å². The van der Waals surface area contributed by atoms with Gasteiger partial charge in [0.2, 0.25) is 17.6 Å². The molecule has 9 nitrogen and oxygen atoms in total. The molecule has 1 fully saturated rings. The lowest BCUT2D eigenvalue weighted by Crippen LogP contribution is -2.37. The molecule has 1 N–H and O–H groups in total. The van der Waals surface area contributed by atoms with Gasteiger partial charge in [0.05, 0.1) is 18.1 Å². The Balaban J connectivity index is 2.49. The Kier molecular flexibility index (Phi) is 5.96. The normalized spacial score (nSPS) is 15.8. The Hall–Kier alpha value is -2.63. The number of morpholine rings is 1. The molecule has 1 atom stereocenters. The van der Waals surface area contributed by atoms with Crippen molar-refractivity contribution in [3.8, 4) is 5.88 Å². The number of alkyl halides is 3. The van der Waals surface area contributed by atoms with Gasteiger partial charge in [0.15, 0.2) is 0 Å². The summed E-state index contributed by atoms with van der Waals surface area (Å²) in [5.74, 6) is -1.51. The first-order valence-corrected chi connectivity index (χ1v) is 7.18. The van der Waals surface area contributed by atoms with E-state index in [1.165, 1.54) is 4.90 Å². The number of hydrogen-bond acceptors (Lipinski definition) is 7. The minimum absolute atomic E-state index is 0.182. The van der Waals surface area contributed by atoms with E-state index in [-0.39, 0.29) is 37.8 Å². The van der Waals surface area contributed by atoms with Crippen molar-refractivity contribution in [3.05, 3.63) is 16.2 Å². The number of anilines is 2. The van der Waals surface area contributed by atoms with Gasteiger partial charge in [0.1, 0.15) is 5.69 Å². The summed E-state index contributed by atoms with van der Waals surface area (Å²) in [6, 6.07) is 0.896. The molecule has 0 bridgehead atoms. The maximum atomic E-state index is 13.3. The van der Waals surface area contributed by atoms with Gasteiger partial charge in [-0.15, -0.1) is 0 Å². The number of carbonyl (C=O) groups is 1. The summed E-state index contributed by atoms with van der Waals surface area (Å²) >= 11 is 0. The number of nitrogens with one attached hydrogen (secondary N) is 1. The van der Waals surface area contributed by atoms with E-state index in [1.807, 2.05) is 0 Å². The van der Waals surface area contributed by atoms with Crippen molar-refractivity contribution in [1.29, 1.82) is 0 Å². The Morgan fingerprint density at radius 1 is 1.44 bits per heavy atom. The van der Waals surface area contributed by atoms with E-state index < -0.39 is 35.2 Å². The maximum Gasteiger partial charge on any atom is 0.313 e. The van der Waals surface area contributed by atoms with Gasteiger partial charge in [0, 0.05) is 26.1 Å². The van der Waals surface area contributed by atoms with Crippen LogP contribution in [0.4, 0.5) is 30.4 Å². The number of aromatic nitrogens is 1. The predicted molar refractivity (Wildman–Crippen MR) is 79.8 cm³/mol. The number of halogens is 3. The molecule has 1 saturated heterocycles. The SMILES string of the molecule is CC(=O)Nc1cc([N+](=O)[O-])c(N2CCOCC2)nc1OC(F)C(F)F. The number of nitrogens with zero attached hydrogens (tertiary/aromatic N) is 3. The molecule has 1 aromatic heterocycles. The van der Waals surface area contributed by atoms with Gasteiger partial charge in [-0.2, -0.15) is 9.37 Å². The lowest BCUT2D eigenvalue weighted by molar-refractivity contribution is -0.384. The van der Waals surface area contributed by atoms with E-state index >= 15 is 0 Å². The Morgan fingerprint density at radius 2 is 2.08 bits per heavy atom. The molecule has 1 amide bonds. The van der Waals surface area contributed by atoms with Crippen molar-refractivity contribution in [2.24, 2.45) is 0 Å². The lowest BCUT2D eigenvalue weighted by atomic mass is 10.3. The topological polar surface area (TPSA) is 107 Å². The Labute approximate surface area is 139 Å². The highest BCUT2D eigenvalue weighted by atomic mass is 19.3. The number of ether oxygens (including phenoxy) is 2. The average Bonchev–Trinajstić information content (AvgIpc) is 2.55. The van der Waals surface area contributed by atoms with E-state index in [0.29, 0.717) is 0 Å². The quantitative estimate of drug-likeness (QED) is 0.605. The third kappa shape index (κ3) is 4.68. The molecule has 138 valence electrons. The summed E-state index contributed by atoms with van der Waals surface area (Å²) in [5, 5.41) is 13.5. The second-order valence-corrected chi connectivity index (χ2v) is 5.02. The molecule has 0 spiro atoms. The van der Waals surface area contributed by atoms with Gasteiger partial charge in [-0.05, 0) is 0 Å². The van der Waals surface area contributed by atoms with E-state index in [9.17, 15) is 28.1 Å². The predicted octanol–water partition coefficient (Wildman–Crippen LogP) is 1.72. The average molecular weight is 364 g/mol. The molecular weight excluding hydrogens is 349 g/mol. The first-order chi connectivity index (χ1) is 11.8. The fourth-order valence-electron chi connectivity index (χ4n) is 2.15. The van der Waals surface area contributed by atoms with Crippen molar-refractivity contribution < 1.29 is 32.4 Å². The minimum Gasteiger partial charge on any atom is -0.435 e. The maximum absolute atomic E-state index is 13.3. The third-order valence-corrected chi connectivity index (χ3v) is 3.19. The Morgan fingerprint density at radius 3 is 2.60 bits per heavy atom. The molecule has 1 aliphatic rings. The second kappa shape index (κ2) is 7.96. The smallest absolute Gasteiger partial charge is 0.313 e. The standard InChI is InChI=1S/C13H15F3N4O5/c1-7(21)17-8-6-9(20(22)23)12(19-2-4-24-5-3-19)18-13(8)25-11(16)10(14)15/h6,10-11H,2-5H2,1H3,(H,17,21). The van der Waals surface area contributed by atoms with Crippen LogP contribution in [-0.4, -0.2) is 54.9 Å². The summed E-state index contributed by atoms with van der Waals surface area (Å²) in [6.45, 7) is 2.18. The summed E-state index contributed by atoms with van der Waals surface area (Å²) in [6.07, 6.45) is -6.45. The van der Waals surface area contributed by atoms with Gasteiger partial charge < -0.3 is 19.7 Å². The van der Waals surface area contributed by atoms with Crippen LogP contribution in [0.3, 0.4) is 0 Å². The van der Waals surface area contributed by atoms with Crippen molar-refractivity contribution in [2.75, 3.05) is 36.5 Å². The molecule has 0 aromatic carbocycles. The monoisotopic (exact) mass is 364 g/mol.